The van der Waals surface area contributed by atoms with Crippen molar-refractivity contribution in [2.75, 3.05) is 7.11 Å². The first kappa shape index (κ1) is 10.9. The third kappa shape index (κ3) is 1.75. The number of aldehydes is 1. The van der Waals surface area contributed by atoms with Crippen LogP contribution < -0.4 is 0 Å². The molecule has 1 fully saturated rings. The Morgan fingerprint density at radius 2 is 2.19 bits per heavy atom. The van der Waals surface area contributed by atoms with Gasteiger partial charge in [-0.05, 0) is 18.9 Å². The molecule has 86 valence electrons. The first-order valence-corrected chi connectivity index (χ1v) is 5.52. The molecule has 4 nitrogen and oxygen atoms in total. The Bertz CT molecular complexity index is 402. The minimum Gasteiger partial charge on any atom is -0.465 e. The van der Waals surface area contributed by atoms with E-state index >= 15 is 0 Å². The Hall–Kier alpha value is -1.58. The lowest BCUT2D eigenvalue weighted by Crippen LogP contribution is -2.10. The number of hydrogen-bond acceptors (Lipinski definition) is 3. The van der Waals surface area contributed by atoms with E-state index in [9.17, 15) is 9.59 Å². The number of methoxy groups -OCH3 is 1. The summed E-state index contributed by atoms with van der Waals surface area (Å²) in [7, 11) is 1.32. The zero-order valence-electron chi connectivity index (χ0n) is 9.31. The fourth-order valence-electron chi connectivity index (χ4n) is 2.37. The fraction of sp³-hybridized carbons (Fsp3) is 0.500. The Balaban J connectivity index is 2.35. The molecule has 0 atom stereocenters. The number of carbonyl (C=O) groups excluding carboxylic acids is 2. The second-order valence-electron chi connectivity index (χ2n) is 4.07. The van der Waals surface area contributed by atoms with E-state index in [-0.39, 0.29) is 0 Å². The van der Waals surface area contributed by atoms with Gasteiger partial charge in [0.15, 0.2) is 6.29 Å². The third-order valence-corrected chi connectivity index (χ3v) is 3.19. The molecule has 16 heavy (non-hydrogen) atoms. The van der Waals surface area contributed by atoms with Crippen molar-refractivity contribution in [2.45, 2.75) is 31.7 Å². The van der Waals surface area contributed by atoms with Crippen molar-refractivity contribution in [3.8, 4) is 0 Å². The van der Waals surface area contributed by atoms with Crippen molar-refractivity contribution >= 4 is 12.3 Å². The van der Waals surface area contributed by atoms with Gasteiger partial charge in [0, 0.05) is 12.2 Å². The second-order valence-corrected chi connectivity index (χ2v) is 4.07. The van der Waals surface area contributed by atoms with Gasteiger partial charge < -0.3 is 9.30 Å². The predicted octanol–water partition coefficient (Wildman–Crippen LogP) is 2.20. The molecule has 0 bridgehead atoms. The van der Waals surface area contributed by atoms with E-state index in [1.165, 1.54) is 20.0 Å². The number of aromatic nitrogens is 1. The van der Waals surface area contributed by atoms with Gasteiger partial charge in [0.2, 0.25) is 0 Å². The van der Waals surface area contributed by atoms with E-state index < -0.39 is 5.97 Å². The summed E-state index contributed by atoms with van der Waals surface area (Å²) < 4.78 is 6.55. The van der Waals surface area contributed by atoms with Crippen LogP contribution in [-0.2, 0) is 4.74 Å². The summed E-state index contributed by atoms with van der Waals surface area (Å²) in [4.78, 5) is 22.5. The van der Waals surface area contributed by atoms with Gasteiger partial charge in [0.05, 0.1) is 18.4 Å². The quantitative estimate of drug-likeness (QED) is 0.580. The standard InChI is InChI=1S/C12H15NO3/c1-16-12(15)10-6-7-13(11(10)8-14)9-4-2-3-5-9/h6-9H,2-5H2,1H3. The maximum Gasteiger partial charge on any atom is 0.340 e. The summed E-state index contributed by atoms with van der Waals surface area (Å²) in [5.41, 5.74) is 0.808. The fourth-order valence-corrected chi connectivity index (χ4v) is 2.37. The average molecular weight is 221 g/mol. The second kappa shape index (κ2) is 4.51. The Kier molecular flexibility index (Phi) is 3.08. The molecule has 0 spiro atoms. The van der Waals surface area contributed by atoms with Crippen LogP contribution in [0.2, 0.25) is 0 Å². The molecule has 1 aliphatic rings. The van der Waals surface area contributed by atoms with E-state index in [0.717, 1.165) is 19.1 Å². The summed E-state index contributed by atoms with van der Waals surface area (Å²) in [5.74, 6) is -0.446. The van der Waals surface area contributed by atoms with Crippen molar-refractivity contribution in [3.63, 3.8) is 0 Å². The van der Waals surface area contributed by atoms with E-state index in [1.54, 1.807) is 6.07 Å². The van der Waals surface area contributed by atoms with Crippen LogP contribution in [-0.4, -0.2) is 23.9 Å². The number of rotatable bonds is 3. The molecule has 1 aromatic rings. The summed E-state index contributed by atoms with van der Waals surface area (Å²) in [6, 6.07) is 2.02. The largest absolute Gasteiger partial charge is 0.465 e. The maximum absolute atomic E-state index is 11.4. The smallest absolute Gasteiger partial charge is 0.340 e. The third-order valence-electron chi connectivity index (χ3n) is 3.19. The van der Waals surface area contributed by atoms with Gasteiger partial charge in [-0.2, -0.15) is 0 Å². The van der Waals surface area contributed by atoms with Crippen LogP contribution in [0.1, 0.15) is 52.6 Å². The summed E-state index contributed by atoms with van der Waals surface area (Å²) in [6.45, 7) is 0. The number of esters is 1. The lowest BCUT2D eigenvalue weighted by atomic mass is 10.2. The van der Waals surface area contributed by atoms with Crippen LogP contribution in [0.5, 0.6) is 0 Å². The first-order chi connectivity index (χ1) is 7.77. The molecule has 0 saturated heterocycles. The molecule has 1 heterocycles. The minimum atomic E-state index is -0.446. The predicted molar refractivity (Wildman–Crippen MR) is 58.7 cm³/mol. The highest BCUT2D eigenvalue weighted by atomic mass is 16.5. The highest BCUT2D eigenvalue weighted by Crippen LogP contribution is 2.31. The Labute approximate surface area is 94.2 Å². The van der Waals surface area contributed by atoms with E-state index in [4.69, 9.17) is 0 Å². The molecule has 1 aromatic heterocycles. The van der Waals surface area contributed by atoms with Crippen molar-refractivity contribution in [2.24, 2.45) is 0 Å². The summed E-state index contributed by atoms with van der Waals surface area (Å²) in [5, 5.41) is 0. The summed E-state index contributed by atoms with van der Waals surface area (Å²) in [6.07, 6.45) is 7.09. The number of nitrogens with zero attached hydrogens (tertiary/aromatic N) is 1. The van der Waals surface area contributed by atoms with Crippen LogP contribution in [0.25, 0.3) is 0 Å². The van der Waals surface area contributed by atoms with E-state index in [1.807, 2.05) is 10.8 Å². The first-order valence-electron chi connectivity index (χ1n) is 5.52. The zero-order chi connectivity index (χ0) is 11.5. The van der Waals surface area contributed by atoms with Crippen molar-refractivity contribution in [1.29, 1.82) is 0 Å². The molecule has 0 amide bonds. The van der Waals surface area contributed by atoms with Gasteiger partial charge in [-0.3, -0.25) is 4.79 Å². The van der Waals surface area contributed by atoms with Crippen LogP contribution in [0.3, 0.4) is 0 Å². The van der Waals surface area contributed by atoms with Crippen molar-refractivity contribution < 1.29 is 14.3 Å². The van der Waals surface area contributed by atoms with Gasteiger partial charge >= 0.3 is 5.97 Å². The SMILES string of the molecule is COC(=O)c1ccn(C2CCCC2)c1C=O. The van der Waals surface area contributed by atoms with E-state index in [2.05, 4.69) is 4.74 Å². The van der Waals surface area contributed by atoms with Crippen molar-refractivity contribution in [1.82, 2.24) is 4.57 Å². The minimum absolute atomic E-state index is 0.360. The maximum atomic E-state index is 11.4. The van der Waals surface area contributed by atoms with Gasteiger partial charge in [0.1, 0.15) is 0 Å². The van der Waals surface area contributed by atoms with Crippen LogP contribution in [0, 0.1) is 0 Å². The van der Waals surface area contributed by atoms with Gasteiger partial charge in [-0.15, -0.1) is 0 Å². The topological polar surface area (TPSA) is 48.3 Å². The molecule has 1 saturated carbocycles. The molecule has 2 rings (SSSR count). The lowest BCUT2D eigenvalue weighted by Gasteiger charge is -2.13. The Morgan fingerprint density at radius 3 is 2.75 bits per heavy atom. The number of ether oxygens (including phenoxy) is 1. The monoisotopic (exact) mass is 221 g/mol. The van der Waals surface area contributed by atoms with E-state index in [0.29, 0.717) is 17.3 Å². The molecule has 0 aromatic carbocycles. The van der Waals surface area contributed by atoms with Gasteiger partial charge in [0.25, 0.3) is 0 Å². The lowest BCUT2D eigenvalue weighted by molar-refractivity contribution is 0.0598. The van der Waals surface area contributed by atoms with Gasteiger partial charge in [-0.1, -0.05) is 12.8 Å². The molecule has 1 aliphatic carbocycles. The average Bonchev–Trinajstić information content (AvgIpc) is 2.95. The molecular weight excluding hydrogens is 206 g/mol. The molecular formula is C12H15NO3. The Morgan fingerprint density at radius 1 is 1.50 bits per heavy atom. The normalized spacial score (nSPS) is 16.3. The molecule has 0 N–H and O–H groups in total. The van der Waals surface area contributed by atoms with Gasteiger partial charge in [-0.25, -0.2) is 4.79 Å². The van der Waals surface area contributed by atoms with Crippen molar-refractivity contribution in [3.05, 3.63) is 23.5 Å². The highest BCUT2D eigenvalue weighted by Gasteiger charge is 2.23. The number of carbonyl (C=O) groups is 2. The highest BCUT2D eigenvalue weighted by molar-refractivity contribution is 5.97. The molecule has 4 heteroatoms. The van der Waals surface area contributed by atoms with Crippen LogP contribution in [0.4, 0.5) is 0 Å². The number of hydrogen-bond donors (Lipinski definition) is 0. The molecule has 0 radical (unpaired) electrons. The zero-order valence-corrected chi connectivity index (χ0v) is 9.31. The molecule has 0 aliphatic heterocycles. The van der Waals surface area contributed by atoms with Crippen LogP contribution in [0.15, 0.2) is 12.3 Å². The summed E-state index contributed by atoms with van der Waals surface area (Å²) >= 11 is 0. The van der Waals surface area contributed by atoms with Crippen LogP contribution >= 0.6 is 0 Å². The molecule has 0 unspecified atom stereocenters.